The molecular formula is C33H32FN3O4. The molecule has 0 aromatic heterocycles. The molecule has 5 aliphatic rings. The number of halogens is 1. The number of carbonyl (C=O) groups is 3. The van der Waals surface area contributed by atoms with Crippen molar-refractivity contribution in [2.45, 2.75) is 44.6 Å². The van der Waals surface area contributed by atoms with Crippen LogP contribution in [0.3, 0.4) is 0 Å². The molecule has 8 heteroatoms. The Morgan fingerprint density at radius 2 is 1.44 bits per heavy atom. The van der Waals surface area contributed by atoms with Gasteiger partial charge in [-0.1, -0.05) is 36.4 Å². The van der Waals surface area contributed by atoms with E-state index in [1.807, 2.05) is 6.07 Å². The van der Waals surface area contributed by atoms with Crippen LogP contribution in [-0.2, 0) is 9.59 Å². The minimum Gasteiger partial charge on any atom is -0.410 e. The smallest absolute Gasteiger partial charge is 0.410 e. The molecule has 4 aliphatic carbocycles. The summed E-state index contributed by atoms with van der Waals surface area (Å²) >= 11 is 0. The maximum atomic E-state index is 14.8. The second kappa shape index (κ2) is 10.0. The third-order valence-corrected chi connectivity index (χ3v) is 9.34. The van der Waals surface area contributed by atoms with Crippen LogP contribution in [0.15, 0.2) is 78.9 Å². The van der Waals surface area contributed by atoms with Crippen molar-refractivity contribution in [3.05, 3.63) is 84.7 Å². The molecule has 3 aromatic carbocycles. The molecule has 41 heavy (non-hydrogen) atoms. The van der Waals surface area contributed by atoms with Crippen LogP contribution in [-0.4, -0.2) is 30.5 Å². The SMILES string of the molecule is O=C(NC1C(=O)N(CC23CC4CC(CC(C4)C2)C3)c2ccc(F)cc2N(c2ccccc2)C1=O)Oc1ccccc1. The molecule has 3 amide bonds. The first-order valence-electron chi connectivity index (χ1n) is 14.4. The van der Waals surface area contributed by atoms with E-state index in [9.17, 15) is 18.8 Å². The van der Waals surface area contributed by atoms with Gasteiger partial charge in [0.25, 0.3) is 11.8 Å². The minimum absolute atomic E-state index is 0.0594. The van der Waals surface area contributed by atoms with Crippen molar-refractivity contribution in [3.8, 4) is 5.75 Å². The number of hydrogen-bond acceptors (Lipinski definition) is 4. The molecule has 0 saturated heterocycles. The zero-order valence-electron chi connectivity index (χ0n) is 22.7. The van der Waals surface area contributed by atoms with Crippen LogP contribution < -0.4 is 19.9 Å². The number of nitrogens with zero attached hydrogens (tertiary/aromatic N) is 2. The number of para-hydroxylation sites is 2. The van der Waals surface area contributed by atoms with Gasteiger partial charge in [-0.2, -0.15) is 0 Å². The standard InChI is InChI=1S/C33H32FN3O4/c34-24-11-12-27-28(16-24)37(25-7-3-1-4-8-25)31(39)29(35-32(40)41-26-9-5-2-6-10-26)30(38)36(27)20-33-17-21-13-22(18-33)15-23(14-21)19-33/h1-12,16,21-23,29H,13-15,17-20H2,(H,35,40). The molecule has 1 atom stereocenters. The molecule has 1 unspecified atom stereocenters. The Balaban J connectivity index is 1.30. The van der Waals surface area contributed by atoms with Crippen molar-refractivity contribution < 1.29 is 23.5 Å². The van der Waals surface area contributed by atoms with Crippen molar-refractivity contribution in [2.75, 3.05) is 16.3 Å². The van der Waals surface area contributed by atoms with Crippen LogP contribution in [0.5, 0.6) is 5.75 Å². The number of amides is 3. The highest BCUT2D eigenvalue weighted by Crippen LogP contribution is 2.60. The largest absolute Gasteiger partial charge is 0.413 e. The molecule has 0 radical (unpaired) electrons. The number of benzene rings is 3. The van der Waals surface area contributed by atoms with E-state index < -0.39 is 29.8 Å². The fraction of sp³-hybridized carbons (Fsp3) is 0.364. The van der Waals surface area contributed by atoms with Crippen molar-refractivity contribution in [3.63, 3.8) is 0 Å². The maximum Gasteiger partial charge on any atom is 0.413 e. The summed E-state index contributed by atoms with van der Waals surface area (Å²) in [5, 5.41) is 2.56. The number of anilines is 3. The zero-order valence-corrected chi connectivity index (χ0v) is 22.7. The van der Waals surface area contributed by atoms with Gasteiger partial charge in [-0.05, 0) is 98.1 Å². The quantitative estimate of drug-likeness (QED) is 0.381. The van der Waals surface area contributed by atoms with Crippen LogP contribution in [0.1, 0.15) is 38.5 Å². The lowest BCUT2D eigenvalue weighted by molar-refractivity contribution is -0.129. The van der Waals surface area contributed by atoms with Gasteiger partial charge in [-0.3, -0.25) is 14.5 Å². The number of carbonyl (C=O) groups excluding carboxylic acids is 3. The minimum atomic E-state index is -1.56. The van der Waals surface area contributed by atoms with Crippen LogP contribution in [0, 0.1) is 29.0 Å². The Labute approximate surface area is 238 Å². The first kappa shape index (κ1) is 25.7. The van der Waals surface area contributed by atoms with Crippen molar-refractivity contribution >= 4 is 35.0 Å². The summed E-state index contributed by atoms with van der Waals surface area (Å²) in [6.07, 6.45) is 5.99. The predicted octanol–water partition coefficient (Wildman–Crippen LogP) is 6.21. The van der Waals surface area contributed by atoms with Gasteiger partial charge in [0.2, 0.25) is 0 Å². The monoisotopic (exact) mass is 553 g/mol. The van der Waals surface area contributed by atoms with E-state index in [-0.39, 0.29) is 16.9 Å². The van der Waals surface area contributed by atoms with Gasteiger partial charge in [0.15, 0.2) is 6.04 Å². The highest BCUT2D eigenvalue weighted by atomic mass is 19.1. The summed E-state index contributed by atoms with van der Waals surface area (Å²) in [6, 6.07) is 19.9. The van der Waals surface area contributed by atoms with E-state index in [0.717, 1.165) is 19.3 Å². The highest BCUT2D eigenvalue weighted by Gasteiger charge is 2.53. The van der Waals surface area contributed by atoms with Gasteiger partial charge >= 0.3 is 6.09 Å². The van der Waals surface area contributed by atoms with E-state index in [1.54, 1.807) is 65.6 Å². The zero-order chi connectivity index (χ0) is 28.1. The topological polar surface area (TPSA) is 79.0 Å². The molecular weight excluding hydrogens is 521 g/mol. The van der Waals surface area contributed by atoms with Gasteiger partial charge < -0.3 is 15.0 Å². The van der Waals surface area contributed by atoms with E-state index >= 15 is 0 Å². The third-order valence-electron chi connectivity index (χ3n) is 9.34. The summed E-state index contributed by atoms with van der Waals surface area (Å²) in [6.45, 7) is 0.426. The Bertz CT molecular complexity index is 1460. The second-order valence-electron chi connectivity index (χ2n) is 12.3. The summed E-state index contributed by atoms with van der Waals surface area (Å²) in [5.74, 6) is 0.534. The Morgan fingerprint density at radius 1 is 0.829 bits per heavy atom. The van der Waals surface area contributed by atoms with Crippen LogP contribution in [0.4, 0.5) is 26.2 Å². The number of fused-ring (bicyclic) bond motifs is 1. The van der Waals surface area contributed by atoms with E-state index in [1.165, 1.54) is 36.3 Å². The van der Waals surface area contributed by atoms with E-state index in [4.69, 9.17) is 4.74 Å². The summed E-state index contributed by atoms with van der Waals surface area (Å²) in [4.78, 5) is 44.6. The molecule has 8 rings (SSSR count). The van der Waals surface area contributed by atoms with Gasteiger partial charge in [0, 0.05) is 18.3 Å². The third kappa shape index (κ3) is 4.75. The lowest BCUT2D eigenvalue weighted by Crippen LogP contribution is -2.58. The molecule has 0 spiro atoms. The average molecular weight is 554 g/mol. The van der Waals surface area contributed by atoms with Crippen molar-refractivity contribution in [1.82, 2.24) is 5.32 Å². The fourth-order valence-corrected chi connectivity index (χ4v) is 8.22. The lowest BCUT2D eigenvalue weighted by atomic mass is 9.49. The van der Waals surface area contributed by atoms with Crippen molar-refractivity contribution in [1.29, 1.82) is 0 Å². The Morgan fingerprint density at radius 3 is 2.07 bits per heavy atom. The highest BCUT2D eigenvalue weighted by molar-refractivity contribution is 6.23. The number of rotatable bonds is 5. The van der Waals surface area contributed by atoms with E-state index in [0.29, 0.717) is 35.7 Å². The summed E-state index contributed by atoms with van der Waals surface area (Å²) in [5.41, 5.74) is 1.15. The fourth-order valence-electron chi connectivity index (χ4n) is 8.22. The first-order chi connectivity index (χ1) is 19.9. The van der Waals surface area contributed by atoms with Crippen LogP contribution in [0.2, 0.25) is 0 Å². The summed E-state index contributed by atoms with van der Waals surface area (Å²) in [7, 11) is 0. The summed E-state index contributed by atoms with van der Waals surface area (Å²) < 4.78 is 20.2. The Hall–Kier alpha value is -4.20. The molecule has 4 fully saturated rings. The molecule has 3 aromatic rings. The molecule has 7 nitrogen and oxygen atoms in total. The normalized spacial score (nSPS) is 28.3. The number of ether oxygens (including phenoxy) is 1. The Kier molecular flexibility index (Phi) is 6.29. The number of hydrogen-bond donors (Lipinski definition) is 1. The number of nitrogens with one attached hydrogen (secondary N) is 1. The molecule has 1 N–H and O–H groups in total. The van der Waals surface area contributed by atoms with Crippen LogP contribution in [0.25, 0.3) is 0 Å². The maximum absolute atomic E-state index is 14.8. The molecule has 210 valence electrons. The van der Waals surface area contributed by atoms with Crippen molar-refractivity contribution in [2.24, 2.45) is 23.2 Å². The first-order valence-corrected chi connectivity index (χ1v) is 14.4. The van der Waals surface area contributed by atoms with Gasteiger partial charge in [-0.15, -0.1) is 0 Å². The molecule has 4 saturated carbocycles. The van der Waals surface area contributed by atoms with Gasteiger partial charge in [-0.25, -0.2) is 9.18 Å². The van der Waals surface area contributed by atoms with Gasteiger partial charge in [0.1, 0.15) is 11.6 Å². The molecule has 1 aliphatic heterocycles. The second-order valence-corrected chi connectivity index (χ2v) is 12.3. The average Bonchev–Trinajstić information content (AvgIpc) is 3.02. The van der Waals surface area contributed by atoms with E-state index in [2.05, 4.69) is 5.32 Å². The van der Waals surface area contributed by atoms with Gasteiger partial charge in [0.05, 0.1) is 11.4 Å². The molecule has 1 heterocycles. The lowest BCUT2D eigenvalue weighted by Gasteiger charge is -2.57. The van der Waals surface area contributed by atoms with Crippen LogP contribution >= 0.6 is 0 Å². The predicted molar refractivity (Wildman–Crippen MR) is 152 cm³/mol. The molecule has 4 bridgehead atoms.